The third-order valence-corrected chi connectivity index (χ3v) is 3.45. The predicted octanol–water partition coefficient (Wildman–Crippen LogP) is 1.87. The van der Waals surface area contributed by atoms with Crippen molar-refractivity contribution in [3.05, 3.63) is 28.8 Å². The first-order chi connectivity index (χ1) is 9.38. The summed E-state index contributed by atoms with van der Waals surface area (Å²) < 4.78 is 5.26. The third-order valence-electron chi connectivity index (χ3n) is 3.45. The second-order valence-corrected chi connectivity index (χ2v) is 5.14. The summed E-state index contributed by atoms with van der Waals surface area (Å²) >= 11 is 0. The van der Waals surface area contributed by atoms with E-state index in [0.29, 0.717) is 13.1 Å². The number of cyclic esters (lactones) is 1. The minimum absolute atomic E-state index is 0. The number of aryl methyl sites for hydroxylation is 3. The summed E-state index contributed by atoms with van der Waals surface area (Å²) in [4.78, 5) is 24.5. The van der Waals surface area contributed by atoms with Gasteiger partial charge in [0, 0.05) is 6.92 Å². The van der Waals surface area contributed by atoms with E-state index < -0.39 is 0 Å². The van der Waals surface area contributed by atoms with E-state index in [0.717, 1.165) is 22.4 Å². The second-order valence-electron chi connectivity index (χ2n) is 5.14. The molecule has 1 aliphatic rings. The Hall–Kier alpha value is -0.936. The minimum Gasteiger partial charge on any atom is -0.443 e. The van der Waals surface area contributed by atoms with Gasteiger partial charge in [0.2, 0.25) is 5.91 Å². The molecule has 1 fully saturated rings. The average molecular weight is 364 g/mol. The topological polar surface area (TPSA) is 58.6 Å². The number of hydrogen-bond donors (Lipinski definition) is 1. The van der Waals surface area contributed by atoms with Crippen LogP contribution in [0.4, 0.5) is 10.5 Å². The number of rotatable bonds is 3. The zero-order valence-electron chi connectivity index (χ0n) is 12.8. The molecule has 0 radical (unpaired) electrons. The Kier molecular flexibility index (Phi) is 6.35. The molecular formula is C15H19N2O3Y+2. The standard InChI is InChI=1S/C15H19N2O3.Y/c1-9-5-11(3)14(6-10(9)2)17-8-13(20-15(17)19)7-16-12(4)18;/h6,13H,7-8H2,1-4H3,(H,16,18);/q-1;+3. The molecule has 5 nitrogen and oxygen atoms in total. The van der Waals surface area contributed by atoms with Crippen LogP contribution in [0.1, 0.15) is 23.6 Å². The summed E-state index contributed by atoms with van der Waals surface area (Å²) in [5, 5.41) is 2.66. The number of nitrogens with one attached hydrogen (secondary N) is 1. The maximum atomic E-state index is 12.0. The first kappa shape index (κ1) is 18.1. The van der Waals surface area contributed by atoms with Crippen LogP contribution in [0.5, 0.6) is 0 Å². The first-order valence-corrected chi connectivity index (χ1v) is 6.61. The molecule has 1 atom stereocenters. The molecule has 1 unspecified atom stereocenters. The van der Waals surface area contributed by atoms with Crippen LogP contribution in [0.25, 0.3) is 0 Å². The Balaban J connectivity index is 0.00000220. The van der Waals surface area contributed by atoms with Gasteiger partial charge in [-0.15, -0.1) is 11.6 Å². The van der Waals surface area contributed by atoms with Crippen molar-refractivity contribution in [3.8, 4) is 0 Å². The van der Waals surface area contributed by atoms with Gasteiger partial charge in [-0.05, 0) is 0 Å². The van der Waals surface area contributed by atoms with Crippen molar-refractivity contribution in [2.24, 2.45) is 0 Å². The number of carbonyl (C=O) groups is 2. The summed E-state index contributed by atoms with van der Waals surface area (Å²) in [7, 11) is 0. The molecule has 0 spiro atoms. The van der Waals surface area contributed by atoms with E-state index in [2.05, 4.69) is 11.4 Å². The molecule has 2 rings (SSSR count). The van der Waals surface area contributed by atoms with E-state index in [1.807, 2.05) is 26.8 Å². The maximum Gasteiger partial charge on any atom is 3.00 e. The Morgan fingerprint density at radius 1 is 1.43 bits per heavy atom. The van der Waals surface area contributed by atoms with Crippen molar-refractivity contribution >= 4 is 17.7 Å². The molecule has 0 aliphatic carbocycles. The van der Waals surface area contributed by atoms with Gasteiger partial charge in [0.15, 0.2) is 0 Å². The second kappa shape index (κ2) is 7.36. The minimum atomic E-state index is -0.375. The molecule has 0 aromatic heterocycles. The molecule has 1 N–H and O–H groups in total. The number of nitrogens with zero attached hydrogens (tertiary/aromatic N) is 1. The van der Waals surface area contributed by atoms with Gasteiger partial charge in [-0.2, -0.15) is 17.2 Å². The molecule has 1 heterocycles. The number of ether oxygens (including phenoxy) is 1. The number of benzene rings is 1. The zero-order valence-corrected chi connectivity index (χ0v) is 15.7. The van der Waals surface area contributed by atoms with Crippen molar-refractivity contribution in [2.75, 3.05) is 18.0 Å². The van der Waals surface area contributed by atoms with Gasteiger partial charge >= 0.3 is 38.8 Å². The molecule has 1 aromatic rings. The fourth-order valence-corrected chi connectivity index (χ4v) is 2.23. The number of amides is 2. The van der Waals surface area contributed by atoms with E-state index >= 15 is 0 Å². The van der Waals surface area contributed by atoms with Crippen molar-refractivity contribution in [2.45, 2.75) is 33.8 Å². The quantitative estimate of drug-likeness (QED) is 0.834. The van der Waals surface area contributed by atoms with E-state index in [1.165, 1.54) is 6.92 Å². The van der Waals surface area contributed by atoms with Gasteiger partial charge in [0.25, 0.3) is 0 Å². The van der Waals surface area contributed by atoms with Crippen LogP contribution >= 0.6 is 0 Å². The smallest absolute Gasteiger partial charge is 0.443 e. The molecule has 1 saturated heterocycles. The average Bonchev–Trinajstić information content (AvgIpc) is 2.72. The van der Waals surface area contributed by atoms with E-state index in [9.17, 15) is 9.59 Å². The molecule has 108 valence electrons. The third kappa shape index (κ3) is 4.27. The van der Waals surface area contributed by atoms with Gasteiger partial charge in [0.1, 0.15) is 6.10 Å². The molecule has 21 heavy (non-hydrogen) atoms. The van der Waals surface area contributed by atoms with Gasteiger partial charge < -0.3 is 15.0 Å². The number of carbonyl (C=O) groups excluding carboxylic acids is 2. The van der Waals surface area contributed by atoms with Crippen LogP contribution < -0.4 is 10.2 Å². The Morgan fingerprint density at radius 2 is 2.10 bits per heavy atom. The maximum absolute atomic E-state index is 12.0. The van der Waals surface area contributed by atoms with E-state index in [-0.39, 0.29) is 50.8 Å². The molecule has 2 amide bonds. The summed E-state index contributed by atoms with van der Waals surface area (Å²) in [6.07, 6.45) is -0.687. The number of hydrogen-bond acceptors (Lipinski definition) is 3. The van der Waals surface area contributed by atoms with Gasteiger partial charge in [-0.3, -0.25) is 4.79 Å². The van der Waals surface area contributed by atoms with Crippen molar-refractivity contribution in [1.82, 2.24) is 5.32 Å². The van der Waals surface area contributed by atoms with Crippen LogP contribution in [-0.2, 0) is 42.2 Å². The summed E-state index contributed by atoms with van der Waals surface area (Å²) in [6.45, 7) is 8.13. The fraction of sp³-hybridized carbons (Fsp3) is 0.467. The first-order valence-electron chi connectivity index (χ1n) is 6.61. The van der Waals surface area contributed by atoms with Gasteiger partial charge in [-0.25, -0.2) is 4.79 Å². The van der Waals surface area contributed by atoms with Gasteiger partial charge in [0.05, 0.1) is 13.1 Å². The van der Waals surface area contributed by atoms with Crippen LogP contribution in [0, 0.1) is 26.8 Å². The van der Waals surface area contributed by atoms with Crippen LogP contribution in [0.3, 0.4) is 0 Å². The fourth-order valence-electron chi connectivity index (χ4n) is 2.23. The largest absolute Gasteiger partial charge is 3.00 e. The molecule has 0 bridgehead atoms. The van der Waals surface area contributed by atoms with E-state index in [4.69, 9.17) is 4.74 Å². The monoisotopic (exact) mass is 364 g/mol. The SMILES string of the molecule is CC(=O)NCC1CN(c2cc(C)c(C)[c-]c2C)C(=O)O1.[Y+3]. The molecule has 6 heteroatoms. The number of anilines is 1. The summed E-state index contributed by atoms with van der Waals surface area (Å²) in [5.41, 5.74) is 3.91. The Morgan fingerprint density at radius 3 is 2.71 bits per heavy atom. The van der Waals surface area contributed by atoms with Crippen LogP contribution in [0.15, 0.2) is 6.07 Å². The zero-order chi connectivity index (χ0) is 14.9. The predicted molar refractivity (Wildman–Crippen MR) is 75.8 cm³/mol. The Bertz CT molecular complexity index is 560. The Labute approximate surface area is 150 Å². The molecule has 1 aromatic carbocycles. The van der Waals surface area contributed by atoms with Crippen LogP contribution in [-0.4, -0.2) is 31.2 Å². The molecule has 1 aliphatic heterocycles. The molecule has 0 saturated carbocycles. The normalized spacial score (nSPS) is 17.2. The van der Waals surface area contributed by atoms with Crippen molar-refractivity contribution in [3.63, 3.8) is 0 Å². The van der Waals surface area contributed by atoms with E-state index in [1.54, 1.807) is 4.90 Å². The molecular weight excluding hydrogens is 345 g/mol. The van der Waals surface area contributed by atoms with Gasteiger partial charge in [-0.1, -0.05) is 26.5 Å². The summed E-state index contributed by atoms with van der Waals surface area (Å²) in [5.74, 6) is -0.129. The van der Waals surface area contributed by atoms with Crippen molar-refractivity contribution < 1.29 is 47.0 Å². The van der Waals surface area contributed by atoms with Crippen LogP contribution in [0.2, 0.25) is 0 Å². The summed E-state index contributed by atoms with van der Waals surface area (Å²) in [6, 6.07) is 5.23. The van der Waals surface area contributed by atoms with Crippen molar-refractivity contribution in [1.29, 1.82) is 0 Å².